The Morgan fingerprint density at radius 3 is 2.70 bits per heavy atom. The van der Waals surface area contributed by atoms with Gasteiger partial charge in [-0.1, -0.05) is 25.1 Å². The van der Waals surface area contributed by atoms with Gasteiger partial charge < -0.3 is 5.32 Å². The van der Waals surface area contributed by atoms with Crippen molar-refractivity contribution in [2.45, 2.75) is 38.8 Å². The van der Waals surface area contributed by atoms with Crippen molar-refractivity contribution in [1.82, 2.24) is 25.0 Å². The van der Waals surface area contributed by atoms with Crippen LogP contribution in [0.2, 0.25) is 0 Å². The zero-order chi connectivity index (χ0) is 20.9. The molecule has 0 spiro atoms. The molecule has 2 aromatic heterocycles. The topological polar surface area (TPSA) is 80.1 Å². The summed E-state index contributed by atoms with van der Waals surface area (Å²) in [7, 11) is 0. The van der Waals surface area contributed by atoms with Crippen LogP contribution in [0.4, 0.5) is 0 Å². The van der Waals surface area contributed by atoms with Gasteiger partial charge in [-0.25, -0.2) is 4.68 Å². The molecule has 0 saturated carbocycles. The Kier molecular flexibility index (Phi) is 6.18. The molecule has 1 amide bonds. The molecule has 1 aromatic carbocycles. The highest BCUT2D eigenvalue weighted by molar-refractivity contribution is 5.84. The Labute approximate surface area is 175 Å². The van der Waals surface area contributed by atoms with E-state index in [0.717, 1.165) is 36.2 Å². The molecule has 30 heavy (non-hydrogen) atoms. The Morgan fingerprint density at radius 2 is 1.93 bits per heavy atom. The van der Waals surface area contributed by atoms with E-state index < -0.39 is 0 Å². The Bertz CT molecular complexity index is 1080. The molecule has 1 unspecified atom stereocenters. The van der Waals surface area contributed by atoms with Gasteiger partial charge >= 0.3 is 0 Å². The molecular weight excluding hydrogens is 378 g/mol. The fourth-order valence-corrected chi connectivity index (χ4v) is 4.20. The first-order valence-electron chi connectivity index (χ1n) is 10.5. The average molecular weight is 406 g/mol. The molecule has 0 aliphatic carbocycles. The minimum Gasteiger partial charge on any atom is -0.353 e. The Morgan fingerprint density at radius 1 is 1.17 bits per heavy atom. The highest BCUT2D eigenvalue weighted by Crippen LogP contribution is 2.17. The number of likely N-dealkylation sites (tertiary alicyclic amines) is 1. The van der Waals surface area contributed by atoms with Gasteiger partial charge in [0.25, 0.3) is 5.56 Å². The summed E-state index contributed by atoms with van der Waals surface area (Å²) in [5, 5.41) is 8.95. The van der Waals surface area contributed by atoms with Crippen LogP contribution < -0.4 is 10.9 Å². The van der Waals surface area contributed by atoms with Gasteiger partial charge in [-0.05, 0) is 49.7 Å². The monoisotopic (exact) mass is 405 g/mol. The van der Waals surface area contributed by atoms with Gasteiger partial charge in [0.05, 0.1) is 11.1 Å². The molecule has 1 N–H and O–H groups in total. The molecule has 1 aliphatic heterocycles. The molecule has 1 saturated heterocycles. The van der Waals surface area contributed by atoms with Crippen molar-refractivity contribution in [3.05, 3.63) is 70.4 Å². The number of nitrogens with one attached hydrogen (secondary N) is 1. The van der Waals surface area contributed by atoms with E-state index >= 15 is 0 Å². The smallest absolute Gasteiger partial charge is 0.275 e. The summed E-state index contributed by atoms with van der Waals surface area (Å²) in [5.41, 5.74) is 1.59. The highest BCUT2D eigenvalue weighted by atomic mass is 16.2. The minimum absolute atomic E-state index is 0.0775. The summed E-state index contributed by atoms with van der Waals surface area (Å²) >= 11 is 0. The van der Waals surface area contributed by atoms with Crippen molar-refractivity contribution >= 4 is 16.7 Å². The number of likely N-dealkylation sites (N-methyl/N-ethyl adjacent to an activating group) is 1. The average Bonchev–Trinajstić information content (AvgIpc) is 3.24. The van der Waals surface area contributed by atoms with Crippen LogP contribution in [0.25, 0.3) is 10.8 Å². The zero-order valence-electron chi connectivity index (χ0n) is 17.3. The van der Waals surface area contributed by atoms with Crippen molar-refractivity contribution in [2.24, 2.45) is 0 Å². The standard InChI is InChI=1S/C23H27N5O2/c1-2-27-13-5-6-18(27)15-25-22(29)16-28-23(30)20-8-4-3-7-19(20)21(26-28)14-17-9-11-24-12-10-17/h3-4,7-12,18H,2,5-6,13-16H2,1H3,(H,25,29). The van der Waals surface area contributed by atoms with E-state index in [1.54, 1.807) is 18.5 Å². The fraction of sp³-hybridized carbons (Fsp3) is 0.391. The number of hydrogen-bond acceptors (Lipinski definition) is 5. The quantitative estimate of drug-likeness (QED) is 0.650. The van der Waals surface area contributed by atoms with Crippen LogP contribution in [-0.2, 0) is 17.8 Å². The van der Waals surface area contributed by atoms with E-state index in [9.17, 15) is 9.59 Å². The summed E-state index contributed by atoms with van der Waals surface area (Å²) in [6, 6.07) is 11.7. The molecule has 1 fully saturated rings. The van der Waals surface area contributed by atoms with E-state index in [-0.39, 0.29) is 18.0 Å². The van der Waals surface area contributed by atoms with Crippen molar-refractivity contribution < 1.29 is 4.79 Å². The number of amides is 1. The fourth-order valence-electron chi connectivity index (χ4n) is 4.20. The van der Waals surface area contributed by atoms with Gasteiger partial charge in [-0.2, -0.15) is 5.10 Å². The van der Waals surface area contributed by atoms with Crippen LogP contribution in [0.5, 0.6) is 0 Å². The normalized spacial score (nSPS) is 16.8. The number of carbonyl (C=O) groups is 1. The van der Waals surface area contributed by atoms with Crippen molar-refractivity contribution in [1.29, 1.82) is 0 Å². The third-order valence-electron chi connectivity index (χ3n) is 5.80. The van der Waals surface area contributed by atoms with E-state index in [0.29, 0.717) is 24.4 Å². The first-order valence-corrected chi connectivity index (χ1v) is 10.5. The molecule has 3 aromatic rings. The Balaban J connectivity index is 1.55. The van der Waals surface area contributed by atoms with Gasteiger partial charge in [0, 0.05) is 36.8 Å². The minimum atomic E-state index is -0.240. The molecule has 0 radical (unpaired) electrons. The number of pyridine rings is 1. The molecule has 7 heteroatoms. The number of fused-ring (bicyclic) bond motifs is 1. The third kappa shape index (κ3) is 4.41. The maximum absolute atomic E-state index is 12.9. The Hall–Kier alpha value is -3.06. The lowest BCUT2D eigenvalue weighted by atomic mass is 10.1. The van der Waals surface area contributed by atoms with Gasteiger partial charge in [0.2, 0.25) is 5.91 Å². The maximum atomic E-state index is 12.9. The molecular formula is C23H27N5O2. The van der Waals surface area contributed by atoms with E-state index in [1.165, 1.54) is 11.1 Å². The highest BCUT2D eigenvalue weighted by Gasteiger charge is 2.23. The largest absolute Gasteiger partial charge is 0.353 e. The van der Waals surface area contributed by atoms with Gasteiger partial charge in [-0.3, -0.25) is 19.5 Å². The maximum Gasteiger partial charge on any atom is 0.275 e. The molecule has 4 rings (SSSR count). The molecule has 7 nitrogen and oxygen atoms in total. The third-order valence-corrected chi connectivity index (χ3v) is 5.80. The van der Waals surface area contributed by atoms with Crippen LogP contribution in [0.15, 0.2) is 53.6 Å². The van der Waals surface area contributed by atoms with Crippen LogP contribution in [0.3, 0.4) is 0 Å². The SMILES string of the molecule is CCN1CCCC1CNC(=O)Cn1nc(Cc2ccncc2)c2ccccc2c1=O. The second-order valence-electron chi connectivity index (χ2n) is 7.72. The zero-order valence-corrected chi connectivity index (χ0v) is 17.3. The number of carbonyl (C=O) groups excluding carboxylic acids is 1. The summed E-state index contributed by atoms with van der Waals surface area (Å²) < 4.78 is 1.29. The number of aromatic nitrogens is 3. The first-order chi connectivity index (χ1) is 14.7. The van der Waals surface area contributed by atoms with Gasteiger partial charge in [0.15, 0.2) is 0 Å². The van der Waals surface area contributed by atoms with Crippen molar-refractivity contribution in [3.63, 3.8) is 0 Å². The number of nitrogens with zero attached hydrogens (tertiary/aromatic N) is 4. The van der Waals surface area contributed by atoms with Gasteiger partial charge in [-0.15, -0.1) is 0 Å². The van der Waals surface area contributed by atoms with Crippen LogP contribution >= 0.6 is 0 Å². The first kappa shape index (κ1) is 20.2. The molecule has 0 bridgehead atoms. The van der Waals surface area contributed by atoms with E-state index in [1.807, 2.05) is 30.3 Å². The second-order valence-corrected chi connectivity index (χ2v) is 7.72. The predicted molar refractivity (Wildman–Crippen MR) is 116 cm³/mol. The van der Waals surface area contributed by atoms with Crippen LogP contribution in [0.1, 0.15) is 31.0 Å². The molecule has 1 aliphatic rings. The summed E-state index contributed by atoms with van der Waals surface area (Å²) in [6.07, 6.45) is 6.31. The summed E-state index contributed by atoms with van der Waals surface area (Å²) in [5.74, 6) is -0.183. The van der Waals surface area contributed by atoms with Crippen LogP contribution in [0, 0.1) is 0 Å². The lowest BCUT2D eigenvalue weighted by molar-refractivity contribution is -0.122. The molecule has 1 atom stereocenters. The molecule has 3 heterocycles. The summed E-state index contributed by atoms with van der Waals surface area (Å²) in [6.45, 7) is 4.75. The van der Waals surface area contributed by atoms with E-state index in [2.05, 4.69) is 27.2 Å². The lowest BCUT2D eigenvalue weighted by Crippen LogP contribution is -2.42. The van der Waals surface area contributed by atoms with Crippen LogP contribution in [-0.4, -0.2) is 51.2 Å². The van der Waals surface area contributed by atoms with Gasteiger partial charge in [0.1, 0.15) is 6.54 Å². The number of hydrogen-bond donors (Lipinski definition) is 1. The molecule has 156 valence electrons. The number of benzene rings is 1. The second kappa shape index (κ2) is 9.17. The summed E-state index contributed by atoms with van der Waals surface area (Å²) in [4.78, 5) is 31.9. The number of rotatable bonds is 7. The van der Waals surface area contributed by atoms with Crippen molar-refractivity contribution in [3.8, 4) is 0 Å². The van der Waals surface area contributed by atoms with Crippen molar-refractivity contribution in [2.75, 3.05) is 19.6 Å². The van der Waals surface area contributed by atoms with E-state index in [4.69, 9.17) is 0 Å². The predicted octanol–water partition coefficient (Wildman–Crippen LogP) is 1.98. The lowest BCUT2D eigenvalue weighted by Gasteiger charge is -2.22.